The van der Waals surface area contributed by atoms with Gasteiger partial charge in [0, 0.05) is 0 Å². The summed E-state index contributed by atoms with van der Waals surface area (Å²) in [7, 11) is 1.86. The summed E-state index contributed by atoms with van der Waals surface area (Å²) in [4.78, 5) is 2.74. The van der Waals surface area contributed by atoms with Crippen molar-refractivity contribution < 1.29 is 19.2 Å². The van der Waals surface area contributed by atoms with E-state index >= 15 is 0 Å². The van der Waals surface area contributed by atoms with E-state index in [-0.39, 0.29) is 76.8 Å². The van der Waals surface area contributed by atoms with Crippen molar-refractivity contribution in [3.05, 3.63) is 101 Å². The van der Waals surface area contributed by atoms with Crippen LogP contribution in [0, 0.1) is 64.3 Å². The quantitative estimate of drug-likeness (QED) is 0.465. The molecule has 0 spiro atoms. The summed E-state index contributed by atoms with van der Waals surface area (Å²) in [6.07, 6.45) is 14.6. The molecule has 1 nitrogen and oxygen atoms in total. The maximum atomic E-state index is 2.99. The van der Waals surface area contributed by atoms with E-state index < -0.39 is 0 Å². The first-order valence-corrected chi connectivity index (χ1v) is 7.58. The Morgan fingerprint density at radius 1 is 0.905 bits per heavy atom. The minimum absolute atomic E-state index is 0. The summed E-state index contributed by atoms with van der Waals surface area (Å²) >= 11 is 2.03. The van der Waals surface area contributed by atoms with Crippen LogP contribution in [0.15, 0.2) is 36.6 Å². The fraction of sp³-hybridized carbons (Fsp3) is 0.0625. The topological polar surface area (TPSA) is 15.8 Å². The Bertz CT molecular complexity index is 201. The van der Waals surface area contributed by atoms with Gasteiger partial charge in [0.05, 0.1) is 0 Å². The first kappa shape index (κ1) is 68.8. The molecule has 5 heteroatoms. The average Bonchev–Trinajstić information content (AvgIpc) is 2.87. The third-order valence-corrected chi connectivity index (χ3v) is 1.03. The number of rotatable bonds is 0. The van der Waals surface area contributed by atoms with E-state index in [1.165, 1.54) is 0 Å². The number of hydrogen-bond donors (Lipinski definition) is 1. The molecule has 134 valence electrons. The number of aromatic nitrogens is 1. The van der Waals surface area contributed by atoms with E-state index in [4.69, 9.17) is 0 Å². The van der Waals surface area contributed by atoms with Crippen LogP contribution >= 0.6 is 24.8 Å². The van der Waals surface area contributed by atoms with Gasteiger partial charge >= 0.3 is 26.8 Å². The van der Waals surface area contributed by atoms with Crippen LogP contribution < -0.4 is 0 Å². The Balaban J connectivity index is -0.00000000932. The molecule has 1 aliphatic rings. The molecule has 0 fully saturated rings. The van der Waals surface area contributed by atoms with Crippen LogP contribution in [0.3, 0.4) is 0 Å². The number of H-pyrrole nitrogens is 1. The van der Waals surface area contributed by atoms with Gasteiger partial charge in [-0.2, -0.15) is 24.4 Å². The van der Waals surface area contributed by atoms with E-state index in [0.717, 1.165) is 6.42 Å². The summed E-state index contributed by atoms with van der Waals surface area (Å²) in [6.45, 7) is 0. The van der Waals surface area contributed by atoms with Crippen LogP contribution in [-0.4, -0.2) is 12.6 Å². The molecule has 1 aliphatic carbocycles. The van der Waals surface area contributed by atoms with Crippen LogP contribution in [0.1, 0.15) is 6.42 Å². The molecule has 1 heterocycles. The number of allylic oxidation sites excluding steroid dienone is 4. The molecule has 0 amide bonds. The normalized spacial score (nSPS) is 6.24. The molecule has 0 bridgehead atoms. The van der Waals surface area contributed by atoms with Gasteiger partial charge in [0.1, 0.15) is 0 Å². The van der Waals surface area contributed by atoms with Gasteiger partial charge in [0.15, 0.2) is 0 Å². The predicted octanol–water partition coefficient (Wildman–Crippen LogP) is 5.20. The van der Waals surface area contributed by atoms with Crippen LogP contribution in [0.2, 0.25) is 0 Å². The molecule has 0 saturated carbocycles. The second kappa shape index (κ2) is 71.4. The van der Waals surface area contributed by atoms with Gasteiger partial charge in [-0.1, -0.05) is 0 Å². The molecule has 0 aromatic carbocycles. The monoisotopic (exact) mass is 386 g/mol. The van der Waals surface area contributed by atoms with Gasteiger partial charge < -0.3 is 57.0 Å². The van der Waals surface area contributed by atoms with Crippen molar-refractivity contribution in [1.29, 1.82) is 0 Å². The van der Waals surface area contributed by atoms with Gasteiger partial charge in [-0.3, -0.25) is 6.08 Å². The number of aromatic amines is 1. The maximum Gasteiger partial charge on any atom is -0.108 e. The molecule has 0 saturated heterocycles. The van der Waals surface area contributed by atoms with Crippen LogP contribution in [-0.2, 0) is 19.2 Å². The fourth-order valence-electron chi connectivity index (χ4n) is 0.581. The maximum absolute atomic E-state index is 2.99. The predicted molar refractivity (Wildman–Crippen MR) is 109 cm³/mol. The molecule has 0 aliphatic heterocycles. The fourth-order valence-corrected chi connectivity index (χ4v) is 0.581. The van der Waals surface area contributed by atoms with Gasteiger partial charge in [0.25, 0.3) is 0 Å². The molecule has 21 heavy (non-hydrogen) atoms. The van der Waals surface area contributed by atoms with Crippen molar-refractivity contribution in [3.63, 3.8) is 0 Å². The van der Waals surface area contributed by atoms with Gasteiger partial charge in [-0.05, 0) is 0 Å². The van der Waals surface area contributed by atoms with E-state index in [0.29, 0.717) is 0 Å². The van der Waals surface area contributed by atoms with Crippen molar-refractivity contribution in [2.75, 3.05) is 0 Å². The van der Waals surface area contributed by atoms with Crippen molar-refractivity contribution >= 4 is 32.4 Å². The SMILES string of the molecule is Cl.Cl.[C-]1=CC=CC1.[CH3-].[CH3-].[CH3-].[CH3-].[CH3-].[CH3-].[CH3-].[SiH2]=[Ti].[c-]1ccc[nH]1. The summed E-state index contributed by atoms with van der Waals surface area (Å²) in [5.41, 5.74) is 0. The minimum Gasteiger partial charge on any atom is -0.484 e. The Kier molecular flexibility index (Phi) is 234. The van der Waals surface area contributed by atoms with Crippen molar-refractivity contribution in [2.24, 2.45) is 0 Å². The smallest absolute Gasteiger partial charge is 0.108 e. The zero-order valence-electron chi connectivity index (χ0n) is 14.7. The first-order chi connectivity index (χ1) is 6.00. The number of nitrogens with one attached hydrogen (secondary N) is 1. The molecular formula is C16H34Cl2NSiTi-9. The van der Waals surface area contributed by atoms with Crippen LogP contribution in [0.25, 0.3) is 0 Å². The number of hydrogen-bond acceptors (Lipinski definition) is 0. The first-order valence-electron chi connectivity index (χ1n) is 3.56. The standard InChI is InChI=1S/C5H5.C4H4N.7CH3.2ClH.H2Si.Ti/c2*1-2-4-5-3-1;;;;;;;;;;;/h1-3H,4H2;1-3,5H;7*1H3;2*1H;1H2;/q9*-1;;;;. The molecule has 1 N–H and O–H groups in total. The van der Waals surface area contributed by atoms with Crippen molar-refractivity contribution in [3.8, 4) is 0 Å². The van der Waals surface area contributed by atoms with Crippen LogP contribution in [0.5, 0.6) is 0 Å². The molecule has 0 unspecified atom stereocenters. The van der Waals surface area contributed by atoms with Gasteiger partial charge in [0.2, 0.25) is 0 Å². The molecule has 1 aromatic heterocycles. The van der Waals surface area contributed by atoms with E-state index in [2.05, 4.69) is 23.3 Å². The summed E-state index contributed by atoms with van der Waals surface area (Å²) in [5.74, 6) is 0. The summed E-state index contributed by atoms with van der Waals surface area (Å²) in [6, 6.07) is 3.71. The zero-order chi connectivity index (χ0) is 9.07. The molecular weight excluding hydrogens is 353 g/mol. The Morgan fingerprint density at radius 3 is 1.48 bits per heavy atom. The molecule has 0 atom stereocenters. The van der Waals surface area contributed by atoms with Gasteiger partial charge in [-0.15, -0.1) is 37.4 Å². The van der Waals surface area contributed by atoms with Crippen molar-refractivity contribution in [1.82, 2.24) is 4.98 Å². The Labute approximate surface area is 163 Å². The summed E-state index contributed by atoms with van der Waals surface area (Å²) < 4.78 is 0. The largest absolute Gasteiger partial charge is 0.484 e. The zero-order valence-corrected chi connectivity index (χ0v) is 19.3. The average molecular weight is 387 g/mol. The summed E-state index contributed by atoms with van der Waals surface area (Å²) in [5, 5.41) is 0. The van der Waals surface area contributed by atoms with Crippen LogP contribution in [0.4, 0.5) is 0 Å². The molecule has 1 aromatic rings. The second-order valence-electron chi connectivity index (χ2n) is 1.82. The van der Waals surface area contributed by atoms with E-state index in [1.807, 2.05) is 57.3 Å². The Morgan fingerprint density at radius 2 is 1.38 bits per heavy atom. The van der Waals surface area contributed by atoms with E-state index in [1.54, 1.807) is 0 Å². The second-order valence-corrected chi connectivity index (χ2v) is 1.82. The Hall–Kier alpha value is 0.271. The molecule has 0 radical (unpaired) electrons. The third kappa shape index (κ3) is 64.1. The molecule has 2 rings (SSSR count). The van der Waals surface area contributed by atoms with E-state index in [9.17, 15) is 0 Å². The van der Waals surface area contributed by atoms with Gasteiger partial charge in [-0.25, -0.2) is 12.2 Å². The third-order valence-electron chi connectivity index (χ3n) is 1.03. The minimum atomic E-state index is 0. The van der Waals surface area contributed by atoms with Crippen molar-refractivity contribution in [2.45, 2.75) is 6.42 Å². The number of halogens is 2.